The lowest BCUT2D eigenvalue weighted by Gasteiger charge is -2.37. The molecule has 1 aromatic heterocycles. The van der Waals surface area contributed by atoms with Crippen LogP contribution in [0.3, 0.4) is 0 Å². The number of aryl methyl sites for hydroxylation is 1. The van der Waals surface area contributed by atoms with E-state index in [0.717, 1.165) is 73.0 Å². The zero-order valence-corrected chi connectivity index (χ0v) is 25.9. The van der Waals surface area contributed by atoms with Crippen LogP contribution in [-0.4, -0.2) is 67.3 Å². The van der Waals surface area contributed by atoms with Crippen LogP contribution < -0.4 is 15.4 Å². The summed E-state index contributed by atoms with van der Waals surface area (Å²) >= 11 is 6.00. The Kier molecular flexibility index (Phi) is 9.44. The van der Waals surface area contributed by atoms with E-state index in [1.54, 1.807) is 0 Å². The molecule has 6 rings (SSSR count). The quantitative estimate of drug-likeness (QED) is 0.184. The molecule has 9 nitrogen and oxygen atoms in total. The Bertz CT molecular complexity index is 1680. The number of piperazine rings is 1. The zero-order valence-electron chi connectivity index (χ0n) is 25.1. The second-order valence-electron chi connectivity index (χ2n) is 11.1. The van der Waals surface area contributed by atoms with Gasteiger partial charge in [0.05, 0.1) is 31.6 Å². The molecule has 1 fully saturated rings. The number of nitrogens with zero attached hydrogens (tertiary/aromatic N) is 4. The minimum atomic E-state index is -0.505. The molecule has 0 bridgehead atoms. The molecule has 4 aromatic rings. The van der Waals surface area contributed by atoms with Gasteiger partial charge in [0.2, 0.25) is 5.95 Å². The molecule has 2 aliphatic rings. The number of nitrogens with two attached hydrogens (primary N) is 1. The summed E-state index contributed by atoms with van der Waals surface area (Å²) in [6, 6.07) is 17.9. The van der Waals surface area contributed by atoms with Gasteiger partial charge in [0.1, 0.15) is 24.0 Å². The normalized spacial score (nSPS) is 14.5. The number of anilines is 2. The fraction of sp³-hybridized carbons (Fsp3) is 0.324. The molecule has 0 atom stereocenters. The Morgan fingerprint density at radius 3 is 2.56 bits per heavy atom. The highest BCUT2D eigenvalue weighted by Crippen LogP contribution is 2.38. The van der Waals surface area contributed by atoms with E-state index in [2.05, 4.69) is 31.9 Å². The van der Waals surface area contributed by atoms with Crippen molar-refractivity contribution in [2.75, 3.05) is 57.1 Å². The van der Waals surface area contributed by atoms with Crippen LogP contribution in [0.2, 0.25) is 5.02 Å². The molecular formula is C34H35ClFN5O4. The van der Waals surface area contributed by atoms with E-state index in [-0.39, 0.29) is 12.6 Å². The fourth-order valence-electron chi connectivity index (χ4n) is 5.80. The maximum atomic E-state index is 14.2. The van der Waals surface area contributed by atoms with Crippen molar-refractivity contribution >= 4 is 29.3 Å². The molecule has 1 aliphatic carbocycles. The van der Waals surface area contributed by atoms with Gasteiger partial charge in [-0.25, -0.2) is 14.2 Å². The van der Waals surface area contributed by atoms with Crippen molar-refractivity contribution in [2.45, 2.75) is 26.1 Å². The van der Waals surface area contributed by atoms with E-state index in [0.29, 0.717) is 35.9 Å². The number of benzene rings is 3. The number of methoxy groups -OCH3 is 1. The maximum Gasteiger partial charge on any atom is 0.337 e. The molecule has 2 heterocycles. The van der Waals surface area contributed by atoms with Crippen molar-refractivity contribution in [2.24, 2.45) is 0 Å². The number of ether oxygens (including phenoxy) is 3. The molecule has 0 spiro atoms. The molecule has 1 saturated heterocycles. The van der Waals surface area contributed by atoms with Crippen molar-refractivity contribution < 1.29 is 23.4 Å². The number of rotatable bonds is 10. The maximum absolute atomic E-state index is 14.2. The van der Waals surface area contributed by atoms with E-state index < -0.39 is 11.8 Å². The second-order valence-corrected chi connectivity index (χ2v) is 11.6. The van der Waals surface area contributed by atoms with Crippen LogP contribution in [-0.2, 0) is 35.5 Å². The third-order valence-electron chi connectivity index (χ3n) is 8.25. The first kappa shape index (κ1) is 30.8. The lowest BCUT2D eigenvalue weighted by molar-refractivity contribution is 0.0599. The van der Waals surface area contributed by atoms with Gasteiger partial charge < -0.3 is 24.8 Å². The summed E-state index contributed by atoms with van der Waals surface area (Å²) in [6.45, 7) is 4.96. The van der Waals surface area contributed by atoms with Gasteiger partial charge in [-0.15, -0.1) is 0 Å². The van der Waals surface area contributed by atoms with Gasteiger partial charge in [-0.05, 0) is 72.5 Å². The number of carbonyl (C=O) groups is 1. The van der Waals surface area contributed by atoms with Gasteiger partial charge in [-0.2, -0.15) is 4.98 Å². The Morgan fingerprint density at radius 2 is 1.78 bits per heavy atom. The minimum Gasteiger partial charge on any atom is -0.489 e. The van der Waals surface area contributed by atoms with E-state index in [1.165, 1.54) is 30.9 Å². The number of aromatic nitrogens is 2. The number of halogens is 2. The SMILES string of the molecule is COC(=O)c1ccc(F)c(COCCN2CCN(c3nc(N)nc4c3CCc3cc(OCc5ccc(Cl)cc5)ccc3-4)CC2)c1. The summed E-state index contributed by atoms with van der Waals surface area (Å²) in [5.41, 5.74) is 12.2. The van der Waals surface area contributed by atoms with Crippen LogP contribution in [0.5, 0.6) is 5.75 Å². The molecule has 0 amide bonds. The summed E-state index contributed by atoms with van der Waals surface area (Å²) in [5.74, 6) is 1.07. The third kappa shape index (κ3) is 7.19. The Balaban J connectivity index is 1.04. The van der Waals surface area contributed by atoms with E-state index in [4.69, 9.17) is 31.5 Å². The average molecular weight is 632 g/mol. The summed E-state index contributed by atoms with van der Waals surface area (Å²) in [6.07, 6.45) is 1.68. The zero-order chi connectivity index (χ0) is 31.3. The number of nitrogen functional groups attached to an aromatic ring is 1. The van der Waals surface area contributed by atoms with E-state index in [1.807, 2.05) is 30.3 Å². The summed E-state index contributed by atoms with van der Waals surface area (Å²) in [7, 11) is 1.30. The predicted octanol–water partition coefficient (Wildman–Crippen LogP) is 5.32. The summed E-state index contributed by atoms with van der Waals surface area (Å²) in [4.78, 5) is 25.7. The number of fused-ring (bicyclic) bond motifs is 3. The predicted molar refractivity (Wildman–Crippen MR) is 171 cm³/mol. The van der Waals surface area contributed by atoms with E-state index in [9.17, 15) is 9.18 Å². The standard InChI is InChI=1S/C34H35ClFN5O4/c1-43-33(42)24-5-11-30(36)25(18-24)21-44-17-16-40-12-14-41(15-13-40)32-29-9-4-23-19-27(45-20-22-2-6-26(35)7-3-22)8-10-28(23)31(29)38-34(37)39-32/h2-3,5-8,10-11,18-19H,4,9,12-17,20-21H2,1H3,(H2,37,38,39). The first-order valence-electron chi connectivity index (χ1n) is 15.0. The molecule has 3 aromatic carbocycles. The lowest BCUT2D eigenvalue weighted by atomic mass is 9.88. The molecule has 0 saturated carbocycles. The molecule has 0 unspecified atom stereocenters. The molecule has 45 heavy (non-hydrogen) atoms. The first-order chi connectivity index (χ1) is 21.9. The van der Waals surface area contributed by atoms with Crippen LogP contribution >= 0.6 is 11.6 Å². The number of carbonyl (C=O) groups excluding carboxylic acids is 1. The van der Waals surface area contributed by atoms with Crippen molar-refractivity contribution in [1.82, 2.24) is 14.9 Å². The molecule has 234 valence electrons. The third-order valence-corrected chi connectivity index (χ3v) is 8.50. The topological polar surface area (TPSA) is 103 Å². The Hall–Kier alpha value is -4.25. The van der Waals surface area contributed by atoms with Crippen LogP contribution in [0.25, 0.3) is 11.3 Å². The monoisotopic (exact) mass is 631 g/mol. The highest BCUT2D eigenvalue weighted by Gasteiger charge is 2.27. The summed E-state index contributed by atoms with van der Waals surface area (Å²) in [5, 5.41) is 0.704. The smallest absolute Gasteiger partial charge is 0.337 e. The van der Waals surface area contributed by atoms with Crippen molar-refractivity contribution in [1.29, 1.82) is 0 Å². The van der Waals surface area contributed by atoms with Gasteiger partial charge in [0.15, 0.2) is 0 Å². The highest BCUT2D eigenvalue weighted by atomic mass is 35.5. The molecular weight excluding hydrogens is 597 g/mol. The molecule has 1 aliphatic heterocycles. The van der Waals surface area contributed by atoms with Gasteiger partial charge in [-0.3, -0.25) is 4.90 Å². The van der Waals surface area contributed by atoms with Crippen LogP contribution in [0, 0.1) is 5.82 Å². The van der Waals surface area contributed by atoms with Crippen LogP contribution in [0.1, 0.15) is 32.6 Å². The molecule has 2 N–H and O–H groups in total. The van der Waals surface area contributed by atoms with Gasteiger partial charge in [0.25, 0.3) is 0 Å². The van der Waals surface area contributed by atoms with Crippen LogP contribution in [0.15, 0.2) is 60.7 Å². The van der Waals surface area contributed by atoms with Crippen LogP contribution in [0.4, 0.5) is 16.2 Å². The second kappa shape index (κ2) is 13.8. The van der Waals surface area contributed by atoms with Crippen molar-refractivity contribution in [3.05, 3.63) is 99.3 Å². The number of hydrogen-bond acceptors (Lipinski definition) is 9. The van der Waals surface area contributed by atoms with Crippen molar-refractivity contribution in [3.63, 3.8) is 0 Å². The fourth-order valence-corrected chi connectivity index (χ4v) is 5.92. The average Bonchev–Trinajstić information content (AvgIpc) is 3.06. The number of esters is 1. The van der Waals surface area contributed by atoms with E-state index >= 15 is 0 Å². The van der Waals surface area contributed by atoms with Crippen molar-refractivity contribution in [3.8, 4) is 17.0 Å². The van der Waals surface area contributed by atoms with Gasteiger partial charge >= 0.3 is 5.97 Å². The van der Waals surface area contributed by atoms with Gasteiger partial charge in [0, 0.05) is 54.4 Å². The Labute approximate surface area is 266 Å². The summed E-state index contributed by atoms with van der Waals surface area (Å²) < 4.78 is 30.7. The first-order valence-corrected chi connectivity index (χ1v) is 15.3. The lowest BCUT2D eigenvalue weighted by Crippen LogP contribution is -2.48. The highest BCUT2D eigenvalue weighted by molar-refractivity contribution is 6.30. The largest absolute Gasteiger partial charge is 0.489 e. The minimum absolute atomic E-state index is 0.0838. The molecule has 0 radical (unpaired) electrons. The Morgan fingerprint density at radius 1 is 0.978 bits per heavy atom. The van der Waals surface area contributed by atoms with Gasteiger partial charge in [-0.1, -0.05) is 23.7 Å². The number of hydrogen-bond donors (Lipinski definition) is 1. The molecule has 11 heteroatoms.